The summed E-state index contributed by atoms with van der Waals surface area (Å²) >= 11 is 0. The minimum Gasteiger partial charge on any atom is -0.497 e. The Kier molecular flexibility index (Phi) is 8.25. The van der Waals surface area contributed by atoms with Crippen molar-refractivity contribution < 1.29 is 14.3 Å². The SMILES string of the molecule is COc1ccc(CN(C(=O)Cn2nnc3ccccc32)[C@H](C(=O)Nc2ccc(N(C)C)cc2)C(C)C)cc1. The highest BCUT2D eigenvalue weighted by atomic mass is 16.5. The molecule has 1 heterocycles. The van der Waals surface area contributed by atoms with Crippen molar-refractivity contribution >= 4 is 34.2 Å². The van der Waals surface area contributed by atoms with Gasteiger partial charge in [-0.25, -0.2) is 4.68 Å². The van der Waals surface area contributed by atoms with E-state index in [2.05, 4.69) is 15.6 Å². The van der Waals surface area contributed by atoms with E-state index in [1.165, 1.54) is 0 Å². The second kappa shape index (κ2) is 11.8. The molecule has 0 saturated carbocycles. The van der Waals surface area contributed by atoms with Crippen LogP contribution in [0.5, 0.6) is 5.75 Å². The molecule has 9 nitrogen and oxygen atoms in total. The van der Waals surface area contributed by atoms with E-state index < -0.39 is 6.04 Å². The van der Waals surface area contributed by atoms with E-state index in [1.54, 1.807) is 16.7 Å². The second-order valence-electron chi connectivity index (χ2n) is 9.72. The van der Waals surface area contributed by atoms with Gasteiger partial charge in [-0.15, -0.1) is 5.10 Å². The van der Waals surface area contributed by atoms with Crippen LogP contribution in [0.25, 0.3) is 11.0 Å². The number of hydrogen-bond acceptors (Lipinski definition) is 6. The Morgan fingerprint density at radius 1 is 0.974 bits per heavy atom. The van der Waals surface area contributed by atoms with Gasteiger partial charge < -0.3 is 19.9 Å². The molecular formula is C29H34N6O3. The predicted molar refractivity (Wildman–Crippen MR) is 149 cm³/mol. The monoisotopic (exact) mass is 514 g/mol. The van der Waals surface area contributed by atoms with Crippen LogP contribution in [-0.4, -0.2) is 59.0 Å². The van der Waals surface area contributed by atoms with Crippen LogP contribution in [0.1, 0.15) is 19.4 Å². The number of carbonyl (C=O) groups excluding carboxylic acids is 2. The number of nitrogens with zero attached hydrogens (tertiary/aromatic N) is 5. The van der Waals surface area contributed by atoms with Crippen molar-refractivity contribution in [3.8, 4) is 5.75 Å². The summed E-state index contributed by atoms with van der Waals surface area (Å²) < 4.78 is 6.86. The molecule has 3 aromatic carbocycles. The number of para-hydroxylation sites is 1. The van der Waals surface area contributed by atoms with E-state index in [0.717, 1.165) is 22.5 Å². The summed E-state index contributed by atoms with van der Waals surface area (Å²) in [5.74, 6) is 0.0990. The fourth-order valence-corrected chi connectivity index (χ4v) is 4.39. The van der Waals surface area contributed by atoms with Crippen molar-refractivity contribution in [1.82, 2.24) is 19.9 Å². The van der Waals surface area contributed by atoms with Gasteiger partial charge in [0.15, 0.2) is 0 Å². The van der Waals surface area contributed by atoms with Crippen molar-refractivity contribution in [3.63, 3.8) is 0 Å². The fourth-order valence-electron chi connectivity index (χ4n) is 4.39. The standard InChI is InChI=1S/C29H34N6O3/c1-20(2)28(29(37)30-22-12-14-23(15-13-22)33(3)4)34(18-21-10-16-24(38-5)17-11-21)27(36)19-35-26-9-7-6-8-25(26)31-32-35/h6-17,20,28H,18-19H2,1-5H3,(H,30,37)/t28-/m0/s1. The maximum atomic E-state index is 13.8. The van der Waals surface area contributed by atoms with E-state index in [-0.39, 0.29) is 30.8 Å². The summed E-state index contributed by atoms with van der Waals surface area (Å²) in [5.41, 5.74) is 4.06. The van der Waals surface area contributed by atoms with Gasteiger partial charge in [-0.2, -0.15) is 0 Å². The number of benzene rings is 3. The van der Waals surface area contributed by atoms with Crippen LogP contribution >= 0.6 is 0 Å². The van der Waals surface area contributed by atoms with Crippen LogP contribution in [0.15, 0.2) is 72.8 Å². The third-order valence-corrected chi connectivity index (χ3v) is 6.42. The van der Waals surface area contributed by atoms with Crippen molar-refractivity contribution in [2.24, 2.45) is 5.92 Å². The molecular weight excluding hydrogens is 480 g/mol. The Hall–Kier alpha value is -4.40. The molecule has 1 atom stereocenters. The van der Waals surface area contributed by atoms with Gasteiger partial charge >= 0.3 is 0 Å². The molecule has 0 aliphatic rings. The minimum absolute atomic E-state index is 0.0370. The highest BCUT2D eigenvalue weighted by Crippen LogP contribution is 2.22. The highest BCUT2D eigenvalue weighted by Gasteiger charge is 2.33. The molecule has 198 valence electrons. The summed E-state index contributed by atoms with van der Waals surface area (Å²) in [6.45, 7) is 4.10. The van der Waals surface area contributed by atoms with Crippen LogP contribution in [0.2, 0.25) is 0 Å². The lowest BCUT2D eigenvalue weighted by atomic mass is 10.00. The van der Waals surface area contributed by atoms with E-state index in [0.29, 0.717) is 11.2 Å². The summed E-state index contributed by atoms with van der Waals surface area (Å²) in [7, 11) is 5.53. The molecule has 0 unspecified atom stereocenters. The van der Waals surface area contributed by atoms with Crippen molar-refractivity contribution in [1.29, 1.82) is 0 Å². The molecule has 0 bridgehead atoms. The number of ether oxygens (including phenoxy) is 1. The summed E-state index contributed by atoms with van der Waals surface area (Å²) in [6, 6.07) is 21.9. The zero-order valence-corrected chi connectivity index (χ0v) is 22.5. The molecule has 1 N–H and O–H groups in total. The Bertz CT molecular complexity index is 1380. The molecule has 4 aromatic rings. The molecule has 0 aliphatic carbocycles. The van der Waals surface area contributed by atoms with Crippen molar-refractivity contribution in [2.45, 2.75) is 33.0 Å². The summed E-state index contributed by atoms with van der Waals surface area (Å²) in [4.78, 5) is 31.1. The summed E-state index contributed by atoms with van der Waals surface area (Å²) in [5, 5.41) is 11.4. The van der Waals surface area contributed by atoms with Gasteiger partial charge in [0.1, 0.15) is 23.9 Å². The third kappa shape index (κ3) is 6.11. The van der Waals surface area contributed by atoms with Crippen LogP contribution in [0.3, 0.4) is 0 Å². The first-order chi connectivity index (χ1) is 18.3. The quantitative estimate of drug-likeness (QED) is 0.341. The lowest BCUT2D eigenvalue weighted by molar-refractivity contribution is -0.141. The first-order valence-electron chi connectivity index (χ1n) is 12.6. The van der Waals surface area contributed by atoms with Crippen LogP contribution in [0, 0.1) is 5.92 Å². The Balaban J connectivity index is 1.63. The number of fused-ring (bicyclic) bond motifs is 1. The number of amides is 2. The first kappa shape index (κ1) is 26.7. The van der Waals surface area contributed by atoms with Crippen molar-refractivity contribution in [2.75, 3.05) is 31.4 Å². The first-order valence-corrected chi connectivity index (χ1v) is 12.6. The highest BCUT2D eigenvalue weighted by molar-refractivity contribution is 5.97. The molecule has 9 heteroatoms. The molecule has 0 saturated heterocycles. The molecule has 38 heavy (non-hydrogen) atoms. The van der Waals surface area contributed by atoms with E-state index >= 15 is 0 Å². The van der Waals surface area contributed by atoms with Gasteiger partial charge in [0.25, 0.3) is 0 Å². The molecule has 0 radical (unpaired) electrons. The number of hydrogen-bond donors (Lipinski definition) is 1. The van der Waals surface area contributed by atoms with E-state index in [1.807, 2.05) is 106 Å². The van der Waals surface area contributed by atoms with Gasteiger partial charge in [0.2, 0.25) is 11.8 Å². The number of methoxy groups -OCH3 is 1. The largest absolute Gasteiger partial charge is 0.497 e. The maximum absolute atomic E-state index is 13.8. The predicted octanol–water partition coefficient (Wildman–Crippen LogP) is 4.20. The number of anilines is 2. The Morgan fingerprint density at radius 2 is 1.66 bits per heavy atom. The number of carbonyl (C=O) groups is 2. The molecule has 2 amide bonds. The molecule has 1 aromatic heterocycles. The van der Waals surface area contributed by atoms with Gasteiger partial charge in [0, 0.05) is 32.0 Å². The smallest absolute Gasteiger partial charge is 0.247 e. The average molecular weight is 515 g/mol. The van der Waals surface area contributed by atoms with E-state index in [4.69, 9.17) is 4.74 Å². The zero-order valence-electron chi connectivity index (χ0n) is 22.5. The lowest BCUT2D eigenvalue weighted by Crippen LogP contribution is -2.50. The van der Waals surface area contributed by atoms with Gasteiger partial charge in [-0.05, 0) is 60.0 Å². The summed E-state index contributed by atoms with van der Waals surface area (Å²) in [6.07, 6.45) is 0. The van der Waals surface area contributed by atoms with Gasteiger partial charge in [0.05, 0.1) is 12.6 Å². The average Bonchev–Trinajstić information content (AvgIpc) is 3.31. The molecule has 0 spiro atoms. The Morgan fingerprint density at radius 3 is 2.29 bits per heavy atom. The molecule has 4 rings (SSSR count). The zero-order chi connectivity index (χ0) is 27.2. The van der Waals surface area contributed by atoms with Crippen LogP contribution in [-0.2, 0) is 22.7 Å². The van der Waals surface area contributed by atoms with Gasteiger partial charge in [-0.1, -0.05) is 43.3 Å². The number of nitrogens with one attached hydrogen (secondary N) is 1. The third-order valence-electron chi connectivity index (χ3n) is 6.42. The maximum Gasteiger partial charge on any atom is 0.247 e. The second-order valence-corrected chi connectivity index (χ2v) is 9.72. The minimum atomic E-state index is -0.715. The van der Waals surface area contributed by atoms with Crippen LogP contribution < -0.4 is 15.0 Å². The molecule has 0 fully saturated rings. The molecule has 0 aliphatic heterocycles. The number of rotatable bonds is 10. The number of aromatic nitrogens is 3. The lowest BCUT2D eigenvalue weighted by Gasteiger charge is -2.33. The fraction of sp³-hybridized carbons (Fsp3) is 0.310. The van der Waals surface area contributed by atoms with E-state index in [9.17, 15) is 9.59 Å². The normalized spacial score (nSPS) is 11.8. The Labute approximate surface area is 223 Å². The van der Waals surface area contributed by atoms with Crippen molar-refractivity contribution in [3.05, 3.63) is 78.4 Å². The van der Waals surface area contributed by atoms with Crippen LogP contribution in [0.4, 0.5) is 11.4 Å². The van der Waals surface area contributed by atoms with Gasteiger partial charge in [-0.3, -0.25) is 9.59 Å². The topological polar surface area (TPSA) is 92.6 Å².